The molecule has 0 amide bonds. The number of tetrazole rings is 1. The highest BCUT2D eigenvalue weighted by Gasteiger charge is 2.29. The average molecular weight is 240 g/mol. The molecule has 0 aliphatic rings. The van der Waals surface area contributed by atoms with Crippen LogP contribution in [0, 0.1) is 11.3 Å². The zero-order valence-corrected chi connectivity index (χ0v) is 8.47. The Bertz CT molecular complexity index is 302. The van der Waals surface area contributed by atoms with Gasteiger partial charge in [-0.3, -0.25) is 0 Å². The fourth-order valence-corrected chi connectivity index (χ4v) is 1.45. The van der Waals surface area contributed by atoms with E-state index in [1.165, 1.54) is 0 Å². The van der Waals surface area contributed by atoms with Crippen LogP contribution in [0.4, 0.5) is 0 Å². The summed E-state index contributed by atoms with van der Waals surface area (Å²) in [6, 6.07) is 1.69. The number of hydrogen-bond acceptors (Lipinski definition) is 4. The first-order valence-electron chi connectivity index (χ1n) is 3.21. The van der Waals surface area contributed by atoms with Gasteiger partial charge in [-0.15, -0.1) is 21.8 Å². The summed E-state index contributed by atoms with van der Waals surface area (Å²) in [6.07, 6.45) is 0.0354. The van der Waals surface area contributed by atoms with E-state index in [2.05, 4.69) is 20.6 Å². The third-order valence-corrected chi connectivity index (χ3v) is 2.07. The van der Waals surface area contributed by atoms with Crippen LogP contribution in [0.15, 0.2) is 0 Å². The van der Waals surface area contributed by atoms with Crippen molar-refractivity contribution in [2.45, 2.75) is 16.1 Å². The van der Waals surface area contributed by atoms with Gasteiger partial charge >= 0.3 is 0 Å². The third-order valence-electron chi connectivity index (χ3n) is 1.24. The van der Waals surface area contributed by atoms with Gasteiger partial charge in [0.05, 0.1) is 0 Å². The van der Waals surface area contributed by atoms with Crippen LogP contribution in [0.25, 0.3) is 0 Å². The van der Waals surface area contributed by atoms with Gasteiger partial charge in [0.2, 0.25) is 4.33 Å². The van der Waals surface area contributed by atoms with E-state index >= 15 is 0 Å². The molecule has 1 N–H and O–H groups in total. The molecule has 13 heavy (non-hydrogen) atoms. The molecule has 0 saturated heterocycles. The molecule has 1 atom stereocenters. The Hall–Kier alpha value is -0.570. The maximum atomic E-state index is 8.50. The number of nitrogens with zero attached hydrogens (tertiary/aromatic N) is 4. The van der Waals surface area contributed by atoms with Gasteiger partial charge in [0, 0.05) is 6.42 Å². The number of aromatic nitrogens is 4. The number of nitrogens with one attached hydrogen (secondary N) is 1. The maximum absolute atomic E-state index is 8.50. The molecular weight excluding hydrogens is 236 g/mol. The Labute approximate surface area is 89.0 Å². The SMILES string of the molecule is N#CC(Cl)(Cl)CC(Cl)c1nn[nH]n1. The Morgan fingerprint density at radius 2 is 2.31 bits per heavy atom. The summed E-state index contributed by atoms with van der Waals surface area (Å²) < 4.78 is -1.52. The van der Waals surface area contributed by atoms with Gasteiger partial charge < -0.3 is 0 Å². The predicted octanol–water partition coefficient (Wildman–Crippen LogP) is 1.57. The lowest BCUT2D eigenvalue weighted by Gasteiger charge is -2.11. The van der Waals surface area contributed by atoms with Crippen molar-refractivity contribution in [1.29, 1.82) is 5.26 Å². The first-order chi connectivity index (χ1) is 6.05. The second-order valence-corrected chi connectivity index (χ2v) is 4.27. The first-order valence-corrected chi connectivity index (χ1v) is 4.41. The van der Waals surface area contributed by atoms with E-state index in [0.717, 1.165) is 0 Å². The molecule has 70 valence electrons. The van der Waals surface area contributed by atoms with Crippen molar-refractivity contribution in [3.05, 3.63) is 5.82 Å². The molecule has 0 aliphatic heterocycles. The number of rotatable bonds is 3. The van der Waals surface area contributed by atoms with Gasteiger partial charge in [-0.1, -0.05) is 28.4 Å². The fourth-order valence-electron chi connectivity index (χ4n) is 0.664. The lowest BCUT2D eigenvalue weighted by Crippen LogP contribution is -2.13. The van der Waals surface area contributed by atoms with Crippen LogP contribution in [0.3, 0.4) is 0 Å². The lowest BCUT2D eigenvalue weighted by atomic mass is 10.2. The minimum Gasteiger partial charge on any atom is -0.195 e. The van der Waals surface area contributed by atoms with Crippen LogP contribution in [-0.2, 0) is 0 Å². The molecule has 1 rings (SSSR count). The molecule has 0 saturated carbocycles. The highest BCUT2D eigenvalue weighted by molar-refractivity contribution is 6.50. The standard InChI is InChI=1S/C5H4Cl3N5/c6-3(1-5(7,8)2-9)4-10-12-13-11-4/h3H,1H2,(H,10,11,12,13). The summed E-state index contributed by atoms with van der Waals surface area (Å²) in [4.78, 5) is 0. The first kappa shape index (κ1) is 10.5. The van der Waals surface area contributed by atoms with E-state index in [9.17, 15) is 0 Å². The zero-order valence-electron chi connectivity index (χ0n) is 6.21. The third kappa shape index (κ3) is 2.99. The number of alkyl halides is 3. The topological polar surface area (TPSA) is 78.2 Å². The van der Waals surface area contributed by atoms with Crippen molar-refractivity contribution in [2.24, 2.45) is 0 Å². The van der Waals surface area contributed by atoms with Crippen molar-refractivity contribution >= 4 is 34.8 Å². The number of halogens is 3. The lowest BCUT2D eigenvalue weighted by molar-refractivity contribution is 0.738. The Morgan fingerprint density at radius 3 is 2.77 bits per heavy atom. The summed E-state index contributed by atoms with van der Waals surface area (Å²) in [5, 5.41) is 20.7. The van der Waals surface area contributed by atoms with Crippen LogP contribution >= 0.6 is 34.8 Å². The largest absolute Gasteiger partial charge is 0.205 e. The molecule has 1 aromatic heterocycles. The van der Waals surface area contributed by atoms with E-state index in [-0.39, 0.29) is 12.2 Å². The summed E-state index contributed by atoms with van der Waals surface area (Å²) in [5.41, 5.74) is 0. The molecule has 5 nitrogen and oxygen atoms in total. The molecule has 0 spiro atoms. The minimum atomic E-state index is -1.52. The fraction of sp³-hybridized carbons (Fsp3) is 0.600. The number of nitriles is 1. The molecular formula is C5H4Cl3N5. The Balaban J connectivity index is 2.62. The second kappa shape index (κ2) is 4.09. The van der Waals surface area contributed by atoms with Crippen molar-refractivity contribution in [1.82, 2.24) is 20.6 Å². The van der Waals surface area contributed by atoms with Crippen LogP contribution in [-0.4, -0.2) is 25.0 Å². The summed E-state index contributed by atoms with van der Waals surface area (Å²) in [6.45, 7) is 0. The summed E-state index contributed by atoms with van der Waals surface area (Å²) in [7, 11) is 0. The van der Waals surface area contributed by atoms with Crippen LogP contribution in [0.2, 0.25) is 0 Å². The summed E-state index contributed by atoms with van der Waals surface area (Å²) >= 11 is 16.9. The smallest absolute Gasteiger partial charge is 0.195 e. The van der Waals surface area contributed by atoms with Crippen LogP contribution in [0.1, 0.15) is 17.6 Å². The van der Waals surface area contributed by atoms with Crippen molar-refractivity contribution in [3.8, 4) is 6.07 Å². The molecule has 0 aliphatic carbocycles. The van der Waals surface area contributed by atoms with Gasteiger partial charge in [0.1, 0.15) is 11.4 Å². The van der Waals surface area contributed by atoms with Crippen molar-refractivity contribution in [2.75, 3.05) is 0 Å². The van der Waals surface area contributed by atoms with Gasteiger partial charge in [-0.2, -0.15) is 10.5 Å². The molecule has 0 bridgehead atoms. The number of hydrogen-bond donors (Lipinski definition) is 1. The normalized spacial score (nSPS) is 13.7. The highest BCUT2D eigenvalue weighted by Crippen LogP contribution is 2.34. The van der Waals surface area contributed by atoms with Gasteiger partial charge in [0.15, 0.2) is 5.82 Å². The molecule has 1 heterocycles. The molecule has 0 fully saturated rings. The maximum Gasteiger partial charge on any atom is 0.205 e. The van der Waals surface area contributed by atoms with E-state index < -0.39 is 9.71 Å². The van der Waals surface area contributed by atoms with E-state index in [0.29, 0.717) is 0 Å². The van der Waals surface area contributed by atoms with Gasteiger partial charge in [-0.05, 0) is 0 Å². The number of H-pyrrole nitrogens is 1. The molecule has 0 radical (unpaired) electrons. The minimum absolute atomic E-state index is 0.0354. The zero-order chi connectivity index (χ0) is 9.90. The predicted molar refractivity (Wildman–Crippen MR) is 47.4 cm³/mol. The molecule has 1 unspecified atom stereocenters. The van der Waals surface area contributed by atoms with Gasteiger partial charge in [0.25, 0.3) is 0 Å². The molecule has 8 heteroatoms. The quantitative estimate of drug-likeness (QED) is 0.813. The van der Waals surface area contributed by atoms with E-state index in [1.807, 2.05) is 0 Å². The van der Waals surface area contributed by atoms with E-state index in [4.69, 9.17) is 40.1 Å². The molecule has 1 aromatic rings. The monoisotopic (exact) mass is 239 g/mol. The molecule has 0 aromatic carbocycles. The van der Waals surface area contributed by atoms with Crippen molar-refractivity contribution < 1.29 is 0 Å². The van der Waals surface area contributed by atoms with E-state index in [1.54, 1.807) is 6.07 Å². The van der Waals surface area contributed by atoms with Crippen LogP contribution in [0.5, 0.6) is 0 Å². The number of aromatic amines is 1. The average Bonchev–Trinajstić information content (AvgIpc) is 2.55. The Morgan fingerprint density at radius 1 is 1.62 bits per heavy atom. The van der Waals surface area contributed by atoms with Crippen molar-refractivity contribution in [3.63, 3.8) is 0 Å². The highest BCUT2D eigenvalue weighted by atomic mass is 35.5. The second-order valence-electron chi connectivity index (χ2n) is 2.26. The Kier molecular flexibility index (Phi) is 3.31. The van der Waals surface area contributed by atoms with Gasteiger partial charge in [-0.25, -0.2) is 0 Å². The van der Waals surface area contributed by atoms with Crippen LogP contribution < -0.4 is 0 Å². The summed E-state index contributed by atoms with van der Waals surface area (Å²) in [5.74, 6) is 0.266.